The van der Waals surface area contributed by atoms with Crippen molar-refractivity contribution in [2.45, 2.75) is 25.9 Å². The van der Waals surface area contributed by atoms with E-state index in [1.54, 1.807) is 0 Å². The SMILES string of the molecule is CCC1(OC(C)=O)CN(S(C)(=O)=O)C1. The lowest BCUT2D eigenvalue weighted by molar-refractivity contribution is -0.170. The molecule has 0 aromatic heterocycles. The van der Waals surface area contributed by atoms with Crippen LogP contribution in [0.15, 0.2) is 0 Å². The third-order valence-corrected chi connectivity index (χ3v) is 3.60. The van der Waals surface area contributed by atoms with Gasteiger partial charge in [-0.05, 0) is 6.42 Å². The molecule has 0 spiro atoms. The lowest BCUT2D eigenvalue weighted by Crippen LogP contribution is -2.64. The van der Waals surface area contributed by atoms with Gasteiger partial charge in [0.15, 0.2) is 0 Å². The summed E-state index contributed by atoms with van der Waals surface area (Å²) in [4.78, 5) is 10.8. The Kier molecular flexibility index (Phi) is 2.87. The number of hydrogen-bond acceptors (Lipinski definition) is 4. The van der Waals surface area contributed by atoms with E-state index in [-0.39, 0.29) is 19.1 Å². The summed E-state index contributed by atoms with van der Waals surface area (Å²) in [5, 5.41) is 0. The highest BCUT2D eigenvalue weighted by Crippen LogP contribution is 2.30. The lowest BCUT2D eigenvalue weighted by Gasteiger charge is -2.46. The summed E-state index contributed by atoms with van der Waals surface area (Å²) in [6, 6.07) is 0. The third-order valence-electron chi connectivity index (χ3n) is 2.40. The van der Waals surface area contributed by atoms with Crippen LogP contribution < -0.4 is 0 Å². The predicted molar refractivity (Wildman–Crippen MR) is 51.2 cm³/mol. The van der Waals surface area contributed by atoms with Crippen molar-refractivity contribution in [1.82, 2.24) is 4.31 Å². The summed E-state index contributed by atoms with van der Waals surface area (Å²) >= 11 is 0. The van der Waals surface area contributed by atoms with Gasteiger partial charge in [0.1, 0.15) is 5.60 Å². The number of carbonyl (C=O) groups is 1. The van der Waals surface area contributed by atoms with Crippen molar-refractivity contribution in [3.63, 3.8) is 0 Å². The van der Waals surface area contributed by atoms with E-state index in [9.17, 15) is 13.2 Å². The van der Waals surface area contributed by atoms with Crippen LogP contribution in [0.25, 0.3) is 0 Å². The van der Waals surface area contributed by atoms with E-state index < -0.39 is 15.6 Å². The molecular weight excluding hydrogens is 206 g/mol. The molecule has 1 saturated heterocycles. The molecule has 14 heavy (non-hydrogen) atoms. The fourth-order valence-corrected chi connectivity index (χ4v) is 2.44. The van der Waals surface area contributed by atoms with E-state index in [1.165, 1.54) is 11.2 Å². The molecule has 0 bridgehead atoms. The van der Waals surface area contributed by atoms with Crippen molar-refractivity contribution >= 4 is 16.0 Å². The van der Waals surface area contributed by atoms with E-state index in [4.69, 9.17) is 4.74 Å². The Labute approximate surface area is 84.1 Å². The highest BCUT2D eigenvalue weighted by atomic mass is 32.2. The van der Waals surface area contributed by atoms with Crippen LogP contribution in [0.2, 0.25) is 0 Å². The Morgan fingerprint density at radius 3 is 2.29 bits per heavy atom. The summed E-state index contributed by atoms with van der Waals surface area (Å²) in [7, 11) is -3.14. The van der Waals surface area contributed by atoms with Crippen LogP contribution in [0.1, 0.15) is 20.3 Å². The molecule has 6 heteroatoms. The van der Waals surface area contributed by atoms with Crippen LogP contribution in [-0.2, 0) is 19.6 Å². The zero-order chi connectivity index (χ0) is 11.0. The number of esters is 1. The first-order valence-electron chi connectivity index (χ1n) is 4.44. The Bertz CT molecular complexity index is 329. The Morgan fingerprint density at radius 2 is 2.00 bits per heavy atom. The molecule has 0 saturated carbocycles. The van der Waals surface area contributed by atoms with Crippen LogP contribution in [0.3, 0.4) is 0 Å². The molecule has 5 nitrogen and oxygen atoms in total. The molecule has 0 unspecified atom stereocenters. The highest BCUT2D eigenvalue weighted by Gasteiger charge is 2.48. The monoisotopic (exact) mass is 221 g/mol. The van der Waals surface area contributed by atoms with Gasteiger partial charge in [-0.3, -0.25) is 4.79 Å². The van der Waals surface area contributed by atoms with Crippen LogP contribution in [0.5, 0.6) is 0 Å². The van der Waals surface area contributed by atoms with Gasteiger partial charge in [0, 0.05) is 6.92 Å². The minimum absolute atomic E-state index is 0.280. The van der Waals surface area contributed by atoms with Crippen molar-refractivity contribution in [2.24, 2.45) is 0 Å². The van der Waals surface area contributed by atoms with Gasteiger partial charge < -0.3 is 4.74 Å². The summed E-state index contributed by atoms with van der Waals surface area (Å²) in [5.74, 6) is -0.361. The number of carbonyl (C=O) groups excluding carboxylic acids is 1. The first-order chi connectivity index (χ1) is 6.29. The van der Waals surface area contributed by atoms with Crippen molar-refractivity contribution in [3.05, 3.63) is 0 Å². The Hall–Kier alpha value is -0.620. The molecule has 1 aliphatic heterocycles. The molecule has 82 valence electrons. The second kappa shape index (κ2) is 3.51. The van der Waals surface area contributed by atoms with Gasteiger partial charge >= 0.3 is 5.97 Å². The van der Waals surface area contributed by atoms with Crippen molar-refractivity contribution < 1.29 is 17.9 Å². The van der Waals surface area contributed by atoms with E-state index >= 15 is 0 Å². The fraction of sp³-hybridized carbons (Fsp3) is 0.875. The van der Waals surface area contributed by atoms with E-state index in [1.807, 2.05) is 6.92 Å². The predicted octanol–water partition coefficient (Wildman–Crippen LogP) is -0.0265. The van der Waals surface area contributed by atoms with Crippen LogP contribution in [0.4, 0.5) is 0 Å². The average molecular weight is 221 g/mol. The summed E-state index contributed by atoms with van der Waals surface area (Å²) in [6.45, 7) is 3.77. The Balaban J connectivity index is 2.62. The zero-order valence-electron chi connectivity index (χ0n) is 8.61. The molecule has 0 aliphatic carbocycles. The summed E-state index contributed by atoms with van der Waals surface area (Å²) in [5.41, 5.74) is -0.588. The van der Waals surface area contributed by atoms with Crippen molar-refractivity contribution in [2.75, 3.05) is 19.3 Å². The lowest BCUT2D eigenvalue weighted by atomic mass is 9.94. The molecular formula is C8H15NO4S. The average Bonchev–Trinajstić information content (AvgIpc) is 1.93. The molecule has 0 aromatic rings. The standard InChI is InChI=1S/C8H15NO4S/c1-4-8(13-7(2)10)5-9(6-8)14(3,11)12/h4-6H2,1-3H3. The Morgan fingerprint density at radius 1 is 1.50 bits per heavy atom. The maximum atomic E-state index is 11.1. The molecule has 1 heterocycles. The molecule has 0 atom stereocenters. The number of nitrogens with zero attached hydrogens (tertiary/aromatic N) is 1. The van der Waals surface area contributed by atoms with Crippen LogP contribution in [0, 0.1) is 0 Å². The van der Waals surface area contributed by atoms with E-state index in [0.29, 0.717) is 6.42 Å². The van der Waals surface area contributed by atoms with Gasteiger partial charge in [0.25, 0.3) is 0 Å². The highest BCUT2D eigenvalue weighted by molar-refractivity contribution is 7.88. The van der Waals surface area contributed by atoms with Gasteiger partial charge in [-0.1, -0.05) is 6.92 Å². The first-order valence-corrected chi connectivity index (χ1v) is 6.29. The maximum absolute atomic E-state index is 11.1. The normalized spacial score (nSPS) is 21.4. The van der Waals surface area contributed by atoms with E-state index in [2.05, 4.69) is 0 Å². The first kappa shape index (κ1) is 11.5. The second-order valence-electron chi connectivity index (χ2n) is 3.66. The fourth-order valence-electron chi connectivity index (χ4n) is 1.50. The van der Waals surface area contributed by atoms with Gasteiger partial charge in [0.05, 0.1) is 19.3 Å². The summed E-state index contributed by atoms with van der Waals surface area (Å²) in [6.07, 6.45) is 1.79. The molecule has 1 fully saturated rings. The minimum atomic E-state index is -3.14. The quantitative estimate of drug-likeness (QED) is 0.628. The minimum Gasteiger partial charge on any atom is -0.456 e. The van der Waals surface area contributed by atoms with Gasteiger partial charge in [-0.15, -0.1) is 0 Å². The molecule has 0 radical (unpaired) electrons. The second-order valence-corrected chi connectivity index (χ2v) is 5.64. The van der Waals surface area contributed by atoms with Crippen LogP contribution >= 0.6 is 0 Å². The van der Waals surface area contributed by atoms with Crippen LogP contribution in [-0.4, -0.2) is 43.6 Å². The molecule has 1 aliphatic rings. The van der Waals surface area contributed by atoms with Crippen molar-refractivity contribution in [3.8, 4) is 0 Å². The largest absolute Gasteiger partial charge is 0.456 e. The smallest absolute Gasteiger partial charge is 0.303 e. The topological polar surface area (TPSA) is 63.7 Å². The summed E-state index contributed by atoms with van der Waals surface area (Å²) < 4.78 is 28.6. The molecule has 1 rings (SSSR count). The zero-order valence-corrected chi connectivity index (χ0v) is 9.43. The van der Waals surface area contributed by atoms with Crippen molar-refractivity contribution in [1.29, 1.82) is 0 Å². The van der Waals surface area contributed by atoms with E-state index in [0.717, 1.165) is 6.26 Å². The number of ether oxygens (including phenoxy) is 1. The molecule has 0 N–H and O–H groups in total. The molecule has 0 aromatic carbocycles. The maximum Gasteiger partial charge on any atom is 0.303 e. The third kappa shape index (κ3) is 2.24. The number of rotatable bonds is 3. The molecule has 0 amide bonds. The number of hydrogen-bond donors (Lipinski definition) is 0. The van der Waals surface area contributed by atoms with Gasteiger partial charge in [-0.2, -0.15) is 4.31 Å². The van der Waals surface area contributed by atoms with Gasteiger partial charge in [0.2, 0.25) is 10.0 Å². The van der Waals surface area contributed by atoms with Gasteiger partial charge in [-0.25, -0.2) is 8.42 Å². The number of sulfonamides is 1.